The van der Waals surface area contributed by atoms with Crippen LogP contribution in [0.1, 0.15) is 24.6 Å². The van der Waals surface area contributed by atoms with E-state index in [1.165, 1.54) is 24.2 Å². The average molecular weight is 304 g/mol. The van der Waals surface area contributed by atoms with Gasteiger partial charge in [0.1, 0.15) is 18.2 Å². The van der Waals surface area contributed by atoms with E-state index in [9.17, 15) is 10.1 Å². The van der Waals surface area contributed by atoms with E-state index in [1.807, 2.05) is 4.57 Å². The molecule has 21 heavy (non-hydrogen) atoms. The van der Waals surface area contributed by atoms with E-state index in [0.717, 1.165) is 18.7 Å². The average Bonchev–Trinajstić information content (AvgIpc) is 3.25. The van der Waals surface area contributed by atoms with Gasteiger partial charge in [0.2, 0.25) is 0 Å². The summed E-state index contributed by atoms with van der Waals surface area (Å²) in [5, 5.41) is 20.0. The highest BCUT2D eigenvalue weighted by atomic mass is 32.2. The van der Waals surface area contributed by atoms with Crippen LogP contribution in [0, 0.1) is 10.1 Å². The monoisotopic (exact) mass is 304 g/mol. The molecule has 0 atom stereocenters. The van der Waals surface area contributed by atoms with E-state index in [0.29, 0.717) is 22.8 Å². The molecule has 0 aliphatic heterocycles. The number of aromatic nitrogens is 5. The van der Waals surface area contributed by atoms with Gasteiger partial charge < -0.3 is 4.57 Å². The number of nitrogens with zero attached hydrogens (tertiary/aromatic N) is 6. The fraction of sp³-hybridized carbons (Fsp3) is 0.333. The van der Waals surface area contributed by atoms with Crippen LogP contribution in [0.4, 0.5) is 5.69 Å². The standard InChI is InChI=1S/C12H12N6O2S/c1-2-5-17-10(8-3-4-8)15-16-12(17)21-11-13-6-9(7-14-11)18(19)20/h2,6-8H,1,3-5H2. The van der Waals surface area contributed by atoms with E-state index in [1.54, 1.807) is 6.08 Å². The largest absolute Gasteiger partial charge is 0.305 e. The molecule has 3 rings (SSSR count). The van der Waals surface area contributed by atoms with Gasteiger partial charge in [-0.1, -0.05) is 6.08 Å². The van der Waals surface area contributed by atoms with Gasteiger partial charge in [0, 0.05) is 12.5 Å². The molecule has 1 fully saturated rings. The highest BCUT2D eigenvalue weighted by Gasteiger charge is 2.30. The van der Waals surface area contributed by atoms with E-state index >= 15 is 0 Å². The third kappa shape index (κ3) is 2.92. The van der Waals surface area contributed by atoms with Gasteiger partial charge in [-0.05, 0) is 24.6 Å². The number of rotatable bonds is 6. The molecule has 1 aliphatic rings. The highest BCUT2D eigenvalue weighted by molar-refractivity contribution is 7.99. The van der Waals surface area contributed by atoms with E-state index < -0.39 is 4.92 Å². The number of hydrogen-bond donors (Lipinski definition) is 0. The summed E-state index contributed by atoms with van der Waals surface area (Å²) in [5.41, 5.74) is -0.134. The molecule has 0 radical (unpaired) electrons. The van der Waals surface area contributed by atoms with Crippen molar-refractivity contribution in [1.82, 2.24) is 24.7 Å². The molecular weight excluding hydrogens is 292 g/mol. The van der Waals surface area contributed by atoms with E-state index in [-0.39, 0.29) is 5.69 Å². The van der Waals surface area contributed by atoms with Crippen molar-refractivity contribution < 1.29 is 4.92 Å². The molecule has 2 aromatic rings. The SMILES string of the molecule is C=CCn1c(Sc2ncc([N+](=O)[O-])cn2)nnc1C1CC1. The number of allylic oxidation sites excluding steroid dienone is 1. The zero-order valence-corrected chi connectivity index (χ0v) is 11.9. The molecular formula is C12H12N6O2S. The van der Waals surface area contributed by atoms with Crippen molar-refractivity contribution in [2.75, 3.05) is 0 Å². The van der Waals surface area contributed by atoms with Crippen LogP contribution in [0.25, 0.3) is 0 Å². The summed E-state index contributed by atoms with van der Waals surface area (Å²) in [4.78, 5) is 18.0. The van der Waals surface area contributed by atoms with Crippen molar-refractivity contribution in [3.05, 3.63) is 41.0 Å². The van der Waals surface area contributed by atoms with Crippen molar-refractivity contribution in [3.8, 4) is 0 Å². The van der Waals surface area contributed by atoms with Crippen molar-refractivity contribution >= 4 is 17.4 Å². The minimum Gasteiger partial charge on any atom is -0.302 e. The van der Waals surface area contributed by atoms with Gasteiger partial charge >= 0.3 is 5.69 Å². The van der Waals surface area contributed by atoms with Gasteiger partial charge in [0.05, 0.1) is 4.92 Å². The summed E-state index contributed by atoms with van der Waals surface area (Å²) >= 11 is 1.24. The Morgan fingerprint density at radius 3 is 2.71 bits per heavy atom. The lowest BCUT2D eigenvalue weighted by atomic mass is 10.4. The third-order valence-electron chi connectivity index (χ3n) is 3.01. The molecule has 2 heterocycles. The molecule has 9 heteroatoms. The van der Waals surface area contributed by atoms with Crippen molar-refractivity contribution in [2.24, 2.45) is 0 Å². The molecule has 2 aromatic heterocycles. The smallest absolute Gasteiger partial charge is 0.302 e. The first-order chi connectivity index (χ1) is 10.2. The molecule has 1 saturated carbocycles. The summed E-state index contributed by atoms with van der Waals surface area (Å²) in [6.07, 6.45) is 6.43. The van der Waals surface area contributed by atoms with Gasteiger partial charge in [0.15, 0.2) is 10.3 Å². The molecule has 0 aromatic carbocycles. The zero-order chi connectivity index (χ0) is 14.8. The maximum absolute atomic E-state index is 10.6. The van der Waals surface area contributed by atoms with Crippen molar-refractivity contribution in [3.63, 3.8) is 0 Å². The van der Waals surface area contributed by atoms with Crippen LogP contribution in [0.3, 0.4) is 0 Å². The Morgan fingerprint density at radius 1 is 1.43 bits per heavy atom. The van der Waals surface area contributed by atoms with Crippen LogP contribution in [0.15, 0.2) is 35.4 Å². The Hall–Kier alpha value is -2.29. The minimum atomic E-state index is -0.528. The second kappa shape index (κ2) is 5.60. The van der Waals surface area contributed by atoms with Crippen molar-refractivity contribution in [1.29, 1.82) is 0 Å². The highest BCUT2D eigenvalue weighted by Crippen LogP contribution is 2.40. The number of hydrogen-bond acceptors (Lipinski definition) is 7. The lowest BCUT2D eigenvalue weighted by molar-refractivity contribution is -0.385. The predicted molar refractivity (Wildman–Crippen MR) is 75.0 cm³/mol. The van der Waals surface area contributed by atoms with Gasteiger partial charge in [-0.25, -0.2) is 9.97 Å². The first-order valence-corrected chi connectivity index (χ1v) is 7.19. The summed E-state index contributed by atoms with van der Waals surface area (Å²) in [5.74, 6) is 1.43. The first kappa shape index (κ1) is 13.7. The third-order valence-corrected chi connectivity index (χ3v) is 3.89. The van der Waals surface area contributed by atoms with Gasteiger partial charge in [-0.3, -0.25) is 10.1 Å². The quantitative estimate of drug-likeness (QED) is 0.349. The van der Waals surface area contributed by atoms with Gasteiger partial charge in [-0.15, -0.1) is 16.8 Å². The second-order valence-electron chi connectivity index (χ2n) is 4.60. The van der Waals surface area contributed by atoms with E-state index in [4.69, 9.17) is 0 Å². The molecule has 0 amide bonds. The summed E-state index contributed by atoms with van der Waals surface area (Å²) in [7, 11) is 0. The molecule has 108 valence electrons. The fourth-order valence-electron chi connectivity index (χ4n) is 1.86. The molecule has 0 spiro atoms. The van der Waals surface area contributed by atoms with Crippen LogP contribution in [0.5, 0.6) is 0 Å². The van der Waals surface area contributed by atoms with E-state index in [2.05, 4.69) is 26.7 Å². The van der Waals surface area contributed by atoms with Crippen LogP contribution in [0.2, 0.25) is 0 Å². The topological polar surface area (TPSA) is 99.6 Å². The molecule has 0 bridgehead atoms. The molecule has 0 N–H and O–H groups in total. The minimum absolute atomic E-state index is 0.134. The summed E-state index contributed by atoms with van der Waals surface area (Å²) in [6.45, 7) is 4.36. The van der Waals surface area contributed by atoms with Crippen LogP contribution in [-0.2, 0) is 6.54 Å². The first-order valence-electron chi connectivity index (χ1n) is 6.37. The zero-order valence-electron chi connectivity index (χ0n) is 11.0. The molecule has 0 saturated heterocycles. The Labute approximate surface area is 124 Å². The Kier molecular flexibility index (Phi) is 3.65. The lowest BCUT2D eigenvalue weighted by Gasteiger charge is -2.05. The van der Waals surface area contributed by atoms with Crippen LogP contribution in [-0.4, -0.2) is 29.7 Å². The molecule has 0 unspecified atom stereocenters. The predicted octanol–water partition coefficient (Wildman–Crippen LogP) is 2.19. The molecule has 1 aliphatic carbocycles. The second-order valence-corrected chi connectivity index (χ2v) is 5.53. The van der Waals surface area contributed by atoms with Crippen LogP contribution >= 0.6 is 11.8 Å². The summed E-state index contributed by atoms with van der Waals surface area (Å²) in [6, 6.07) is 0. The lowest BCUT2D eigenvalue weighted by Crippen LogP contribution is -2.03. The summed E-state index contributed by atoms with van der Waals surface area (Å²) < 4.78 is 1.99. The van der Waals surface area contributed by atoms with Crippen molar-refractivity contribution in [2.45, 2.75) is 35.6 Å². The normalized spacial score (nSPS) is 14.1. The Morgan fingerprint density at radius 2 is 2.14 bits per heavy atom. The fourth-order valence-corrected chi connectivity index (χ4v) is 2.59. The maximum atomic E-state index is 10.6. The molecule has 8 nitrogen and oxygen atoms in total. The Balaban J connectivity index is 1.83. The number of nitro groups is 1. The van der Waals surface area contributed by atoms with Crippen LogP contribution < -0.4 is 0 Å². The van der Waals surface area contributed by atoms with Gasteiger partial charge in [0.25, 0.3) is 0 Å². The maximum Gasteiger partial charge on any atom is 0.305 e. The van der Waals surface area contributed by atoms with Gasteiger partial charge in [-0.2, -0.15) is 0 Å². The Bertz CT molecular complexity index is 680.